The molecule has 3 rings (SSSR count). The molecule has 0 aliphatic rings. The summed E-state index contributed by atoms with van der Waals surface area (Å²) in [5.74, 6) is 0.546. The van der Waals surface area contributed by atoms with Crippen molar-refractivity contribution in [2.75, 3.05) is 11.9 Å². The van der Waals surface area contributed by atoms with Gasteiger partial charge in [0.15, 0.2) is 0 Å². The van der Waals surface area contributed by atoms with Crippen molar-refractivity contribution in [3.8, 4) is 6.07 Å². The molecule has 0 amide bonds. The van der Waals surface area contributed by atoms with Gasteiger partial charge in [0.25, 0.3) is 0 Å². The highest BCUT2D eigenvalue weighted by atomic mass is 19.1. The molecule has 0 spiro atoms. The first-order valence-electron chi connectivity index (χ1n) is 6.63. The van der Waals surface area contributed by atoms with Gasteiger partial charge in [-0.15, -0.1) is 0 Å². The minimum absolute atomic E-state index is 0.270. The fourth-order valence-electron chi connectivity index (χ4n) is 2.14. The van der Waals surface area contributed by atoms with E-state index in [1.54, 1.807) is 18.2 Å². The number of hydrogen-bond donors (Lipinski definition) is 2. The van der Waals surface area contributed by atoms with E-state index in [4.69, 9.17) is 5.26 Å². The first-order valence-corrected chi connectivity index (χ1v) is 6.63. The van der Waals surface area contributed by atoms with Crippen molar-refractivity contribution < 1.29 is 4.39 Å². The topological polar surface area (TPSA) is 64.5 Å². The number of imidazole rings is 1. The number of anilines is 1. The predicted molar refractivity (Wildman–Crippen MR) is 79.4 cm³/mol. The molecular weight excluding hydrogens is 267 g/mol. The van der Waals surface area contributed by atoms with Crippen molar-refractivity contribution in [2.24, 2.45) is 0 Å². The van der Waals surface area contributed by atoms with Gasteiger partial charge in [-0.25, -0.2) is 9.37 Å². The van der Waals surface area contributed by atoms with Gasteiger partial charge in [-0.05, 0) is 42.5 Å². The highest BCUT2D eigenvalue weighted by Crippen LogP contribution is 2.13. The number of nitriles is 1. The first kappa shape index (κ1) is 13.1. The molecule has 4 nitrogen and oxygen atoms in total. The van der Waals surface area contributed by atoms with Crippen molar-refractivity contribution in [3.05, 3.63) is 59.7 Å². The summed E-state index contributed by atoms with van der Waals surface area (Å²) >= 11 is 0. The lowest BCUT2D eigenvalue weighted by molar-refractivity contribution is 0.629. The zero-order chi connectivity index (χ0) is 14.7. The predicted octanol–water partition coefficient (Wildman–Crippen LogP) is 3.23. The van der Waals surface area contributed by atoms with Crippen LogP contribution in [0, 0.1) is 17.1 Å². The normalized spacial score (nSPS) is 10.5. The molecule has 3 aromatic rings. The number of aromatic nitrogens is 2. The van der Waals surface area contributed by atoms with Crippen LogP contribution < -0.4 is 5.32 Å². The zero-order valence-corrected chi connectivity index (χ0v) is 11.2. The molecule has 21 heavy (non-hydrogen) atoms. The third kappa shape index (κ3) is 3.00. The molecule has 0 bridgehead atoms. The average Bonchev–Trinajstić information content (AvgIpc) is 2.89. The minimum Gasteiger partial charge on any atom is -0.385 e. The summed E-state index contributed by atoms with van der Waals surface area (Å²) in [6.07, 6.45) is 0.705. The summed E-state index contributed by atoms with van der Waals surface area (Å²) in [5.41, 5.74) is 3.07. The van der Waals surface area contributed by atoms with E-state index in [2.05, 4.69) is 21.4 Å². The fourth-order valence-corrected chi connectivity index (χ4v) is 2.14. The third-order valence-electron chi connectivity index (χ3n) is 3.20. The molecule has 0 radical (unpaired) electrons. The van der Waals surface area contributed by atoms with Crippen molar-refractivity contribution in [2.45, 2.75) is 6.42 Å². The molecule has 2 aromatic carbocycles. The van der Waals surface area contributed by atoms with E-state index >= 15 is 0 Å². The number of fused-ring (bicyclic) bond motifs is 1. The Balaban J connectivity index is 1.62. The van der Waals surface area contributed by atoms with Crippen LogP contribution in [0.5, 0.6) is 0 Å². The molecule has 0 unspecified atom stereocenters. The van der Waals surface area contributed by atoms with Gasteiger partial charge in [0.05, 0.1) is 22.7 Å². The number of hydrogen-bond acceptors (Lipinski definition) is 3. The molecule has 104 valence electrons. The molecule has 0 saturated carbocycles. The molecule has 0 saturated heterocycles. The quantitative estimate of drug-likeness (QED) is 0.771. The van der Waals surface area contributed by atoms with Gasteiger partial charge in [0.2, 0.25) is 0 Å². The number of benzene rings is 2. The Morgan fingerprint density at radius 3 is 2.76 bits per heavy atom. The Hall–Kier alpha value is -2.87. The van der Waals surface area contributed by atoms with E-state index in [0.29, 0.717) is 24.0 Å². The number of nitrogens with one attached hydrogen (secondary N) is 2. The molecule has 2 N–H and O–H groups in total. The summed E-state index contributed by atoms with van der Waals surface area (Å²) < 4.78 is 13.1. The van der Waals surface area contributed by atoms with Crippen molar-refractivity contribution >= 4 is 16.7 Å². The van der Waals surface area contributed by atoms with Crippen LogP contribution in [-0.2, 0) is 6.42 Å². The monoisotopic (exact) mass is 280 g/mol. The Labute approximate surface area is 121 Å². The van der Waals surface area contributed by atoms with E-state index in [9.17, 15) is 4.39 Å². The smallest absolute Gasteiger partial charge is 0.125 e. The van der Waals surface area contributed by atoms with Crippen LogP contribution in [0.25, 0.3) is 11.0 Å². The molecule has 0 atom stereocenters. The van der Waals surface area contributed by atoms with E-state index in [1.165, 1.54) is 12.1 Å². The van der Waals surface area contributed by atoms with E-state index in [-0.39, 0.29) is 5.82 Å². The lowest BCUT2D eigenvalue weighted by Crippen LogP contribution is -2.05. The largest absolute Gasteiger partial charge is 0.385 e. The maximum absolute atomic E-state index is 13.1. The fraction of sp³-hybridized carbons (Fsp3) is 0.125. The number of nitrogens with zero attached hydrogens (tertiary/aromatic N) is 2. The Morgan fingerprint density at radius 1 is 1.19 bits per heavy atom. The van der Waals surface area contributed by atoms with Gasteiger partial charge in [-0.2, -0.15) is 5.26 Å². The number of halogens is 1. The maximum Gasteiger partial charge on any atom is 0.125 e. The molecule has 0 aliphatic heterocycles. The summed E-state index contributed by atoms with van der Waals surface area (Å²) in [5, 5.41) is 12.0. The van der Waals surface area contributed by atoms with Gasteiger partial charge in [-0.3, -0.25) is 0 Å². The molecule has 1 aromatic heterocycles. The second-order valence-electron chi connectivity index (χ2n) is 4.71. The highest BCUT2D eigenvalue weighted by molar-refractivity contribution is 5.74. The van der Waals surface area contributed by atoms with Gasteiger partial charge in [0, 0.05) is 18.7 Å². The highest BCUT2D eigenvalue weighted by Gasteiger charge is 2.03. The van der Waals surface area contributed by atoms with Gasteiger partial charge in [0.1, 0.15) is 11.6 Å². The lowest BCUT2D eigenvalue weighted by Gasteiger charge is -2.04. The Bertz CT molecular complexity index is 799. The van der Waals surface area contributed by atoms with E-state index in [1.807, 2.05) is 12.1 Å². The zero-order valence-electron chi connectivity index (χ0n) is 11.2. The number of aromatic amines is 1. The lowest BCUT2D eigenvalue weighted by atomic mass is 10.2. The van der Waals surface area contributed by atoms with Crippen molar-refractivity contribution in [1.29, 1.82) is 5.26 Å². The summed E-state index contributed by atoms with van der Waals surface area (Å²) in [6.45, 7) is 0.703. The van der Waals surface area contributed by atoms with Crippen molar-refractivity contribution in [1.82, 2.24) is 9.97 Å². The van der Waals surface area contributed by atoms with Gasteiger partial charge in [-0.1, -0.05) is 0 Å². The first-order chi connectivity index (χ1) is 10.2. The third-order valence-corrected chi connectivity index (χ3v) is 3.20. The second kappa shape index (κ2) is 5.63. The molecular formula is C16H13FN4. The molecule has 1 heterocycles. The van der Waals surface area contributed by atoms with Crippen LogP contribution in [0.3, 0.4) is 0 Å². The van der Waals surface area contributed by atoms with Crippen LogP contribution in [0.1, 0.15) is 11.4 Å². The number of rotatable bonds is 4. The minimum atomic E-state index is -0.270. The van der Waals surface area contributed by atoms with Crippen molar-refractivity contribution in [3.63, 3.8) is 0 Å². The van der Waals surface area contributed by atoms with Crippen LogP contribution >= 0.6 is 0 Å². The van der Waals surface area contributed by atoms with Gasteiger partial charge < -0.3 is 10.3 Å². The van der Waals surface area contributed by atoms with Crippen LogP contribution in [0.15, 0.2) is 42.5 Å². The van der Waals surface area contributed by atoms with Crippen LogP contribution in [-0.4, -0.2) is 16.5 Å². The SMILES string of the molecule is N#Cc1ccc(NCCc2nc3ccc(F)cc3[nH]2)cc1. The molecule has 0 aliphatic carbocycles. The molecule has 0 fully saturated rings. The second-order valence-corrected chi connectivity index (χ2v) is 4.71. The van der Waals surface area contributed by atoms with Crippen LogP contribution in [0.4, 0.5) is 10.1 Å². The van der Waals surface area contributed by atoms with E-state index in [0.717, 1.165) is 17.0 Å². The Morgan fingerprint density at radius 2 is 2.00 bits per heavy atom. The van der Waals surface area contributed by atoms with Gasteiger partial charge >= 0.3 is 0 Å². The van der Waals surface area contributed by atoms with Crippen LogP contribution in [0.2, 0.25) is 0 Å². The Kier molecular flexibility index (Phi) is 3.52. The molecule has 5 heteroatoms. The average molecular weight is 280 g/mol. The standard InChI is InChI=1S/C16H13FN4/c17-12-3-6-14-15(9-12)21-16(20-14)7-8-19-13-4-1-11(10-18)2-5-13/h1-6,9,19H,7-8H2,(H,20,21). The summed E-state index contributed by atoms with van der Waals surface area (Å²) in [6, 6.07) is 13.9. The summed E-state index contributed by atoms with van der Waals surface area (Å²) in [7, 11) is 0. The summed E-state index contributed by atoms with van der Waals surface area (Å²) in [4.78, 5) is 7.51. The van der Waals surface area contributed by atoms with E-state index < -0.39 is 0 Å². The maximum atomic E-state index is 13.1. The number of H-pyrrole nitrogens is 1.